The number of furan rings is 1. The van der Waals surface area contributed by atoms with Crippen molar-refractivity contribution >= 4 is 22.4 Å². The molecule has 23 heavy (non-hydrogen) atoms. The number of amides is 1. The van der Waals surface area contributed by atoms with Crippen LogP contribution >= 0.6 is 11.3 Å². The summed E-state index contributed by atoms with van der Waals surface area (Å²) in [5.74, 6) is 0.794. The molecule has 0 fully saturated rings. The first-order valence-electron chi connectivity index (χ1n) is 7.05. The lowest BCUT2D eigenvalue weighted by atomic mass is 10.1. The van der Waals surface area contributed by atoms with E-state index in [0.717, 1.165) is 16.9 Å². The summed E-state index contributed by atoms with van der Waals surface area (Å²) in [5, 5.41) is 5.10. The van der Waals surface area contributed by atoms with Gasteiger partial charge in [-0.05, 0) is 45.0 Å². The van der Waals surface area contributed by atoms with Crippen molar-refractivity contribution in [3.05, 3.63) is 58.1 Å². The molecule has 0 aliphatic rings. The Morgan fingerprint density at radius 3 is 2.48 bits per heavy atom. The normalized spacial score (nSPS) is 10.8. The van der Waals surface area contributed by atoms with Gasteiger partial charge in [0, 0.05) is 16.5 Å². The van der Waals surface area contributed by atoms with Gasteiger partial charge in [0.1, 0.15) is 17.3 Å². The van der Waals surface area contributed by atoms with Crippen molar-refractivity contribution < 1.29 is 13.6 Å². The molecule has 0 saturated heterocycles. The molecule has 0 aliphatic carbocycles. The predicted molar refractivity (Wildman–Crippen MR) is 88.4 cm³/mol. The largest absolute Gasteiger partial charge is 0.466 e. The third kappa shape index (κ3) is 3.03. The quantitative estimate of drug-likeness (QED) is 0.756. The Balaban J connectivity index is 1.81. The molecule has 0 unspecified atom stereocenters. The smallest absolute Gasteiger partial charge is 0.261 e. The van der Waals surface area contributed by atoms with E-state index in [1.807, 2.05) is 19.2 Å². The highest BCUT2D eigenvalue weighted by Crippen LogP contribution is 2.27. The highest BCUT2D eigenvalue weighted by atomic mass is 32.1. The summed E-state index contributed by atoms with van der Waals surface area (Å²) in [4.78, 5) is 16.8. The second kappa shape index (κ2) is 5.96. The fourth-order valence-electron chi connectivity index (χ4n) is 2.37. The maximum Gasteiger partial charge on any atom is 0.261 e. The van der Waals surface area contributed by atoms with E-state index in [0.29, 0.717) is 22.1 Å². The van der Waals surface area contributed by atoms with Crippen molar-refractivity contribution in [1.29, 1.82) is 0 Å². The van der Waals surface area contributed by atoms with Crippen LogP contribution in [0, 0.1) is 26.6 Å². The Morgan fingerprint density at radius 1 is 1.17 bits per heavy atom. The van der Waals surface area contributed by atoms with Crippen LogP contribution in [0.15, 0.2) is 34.1 Å². The molecule has 1 amide bonds. The monoisotopic (exact) mass is 330 g/mol. The first-order valence-corrected chi connectivity index (χ1v) is 7.93. The van der Waals surface area contributed by atoms with Crippen molar-refractivity contribution in [2.45, 2.75) is 20.8 Å². The van der Waals surface area contributed by atoms with Crippen LogP contribution in [0.5, 0.6) is 0 Å². The standard InChI is InChI=1S/C17H15FN2O2S/c1-9-10(2)22-11(3)15(9)16(21)20-17-19-14(8-23-17)12-4-6-13(18)7-5-12/h4-8H,1-3H3,(H,19,20,21). The van der Waals surface area contributed by atoms with E-state index >= 15 is 0 Å². The van der Waals surface area contributed by atoms with Gasteiger partial charge in [0.2, 0.25) is 0 Å². The molecule has 4 nitrogen and oxygen atoms in total. The number of aromatic nitrogens is 1. The fraction of sp³-hybridized carbons (Fsp3) is 0.176. The zero-order valence-corrected chi connectivity index (χ0v) is 13.8. The van der Waals surface area contributed by atoms with E-state index in [1.165, 1.54) is 23.5 Å². The van der Waals surface area contributed by atoms with Crippen LogP contribution in [-0.4, -0.2) is 10.9 Å². The van der Waals surface area contributed by atoms with Crippen molar-refractivity contribution in [2.75, 3.05) is 5.32 Å². The van der Waals surface area contributed by atoms with Gasteiger partial charge in [0.05, 0.1) is 11.3 Å². The second-order valence-electron chi connectivity index (χ2n) is 5.21. The molecule has 3 rings (SSSR count). The number of anilines is 1. The average molecular weight is 330 g/mol. The number of rotatable bonds is 3. The van der Waals surface area contributed by atoms with E-state index < -0.39 is 0 Å². The molecule has 2 heterocycles. The Morgan fingerprint density at radius 2 is 1.87 bits per heavy atom. The lowest BCUT2D eigenvalue weighted by Gasteiger charge is -2.01. The lowest BCUT2D eigenvalue weighted by molar-refractivity contribution is 0.102. The molecule has 0 bridgehead atoms. The average Bonchev–Trinajstić information content (AvgIpc) is 3.05. The molecule has 118 valence electrons. The van der Waals surface area contributed by atoms with Gasteiger partial charge in [-0.1, -0.05) is 0 Å². The van der Waals surface area contributed by atoms with Crippen molar-refractivity contribution in [3.8, 4) is 11.3 Å². The number of carbonyl (C=O) groups is 1. The Hall–Kier alpha value is -2.47. The number of hydrogen-bond acceptors (Lipinski definition) is 4. The summed E-state index contributed by atoms with van der Waals surface area (Å²) in [6.07, 6.45) is 0. The molecule has 1 N–H and O–H groups in total. The summed E-state index contributed by atoms with van der Waals surface area (Å²) in [6, 6.07) is 6.08. The van der Waals surface area contributed by atoms with E-state index in [2.05, 4.69) is 10.3 Å². The third-order valence-electron chi connectivity index (χ3n) is 3.65. The predicted octanol–water partition coefficient (Wildman–Crippen LogP) is 4.72. The number of thiazole rings is 1. The molecule has 1 aromatic carbocycles. The number of hydrogen-bond donors (Lipinski definition) is 1. The minimum Gasteiger partial charge on any atom is -0.466 e. The van der Waals surface area contributed by atoms with Gasteiger partial charge in [-0.15, -0.1) is 11.3 Å². The van der Waals surface area contributed by atoms with Crippen LogP contribution in [0.25, 0.3) is 11.3 Å². The van der Waals surface area contributed by atoms with Crippen molar-refractivity contribution in [1.82, 2.24) is 4.98 Å². The summed E-state index contributed by atoms with van der Waals surface area (Å²) in [5.41, 5.74) is 2.87. The van der Waals surface area contributed by atoms with Gasteiger partial charge in [-0.2, -0.15) is 0 Å². The summed E-state index contributed by atoms with van der Waals surface area (Å²) < 4.78 is 18.4. The van der Waals surface area contributed by atoms with Crippen LogP contribution in [0.4, 0.5) is 9.52 Å². The Bertz CT molecular complexity index is 865. The highest BCUT2D eigenvalue weighted by molar-refractivity contribution is 7.14. The molecule has 3 aromatic rings. The van der Waals surface area contributed by atoms with Gasteiger partial charge in [-0.3, -0.25) is 10.1 Å². The minimum absolute atomic E-state index is 0.239. The SMILES string of the molecule is Cc1oc(C)c(C(=O)Nc2nc(-c3ccc(F)cc3)cs2)c1C. The number of benzene rings is 1. The van der Waals surface area contributed by atoms with Crippen molar-refractivity contribution in [3.63, 3.8) is 0 Å². The number of halogens is 1. The zero-order valence-electron chi connectivity index (χ0n) is 12.9. The first kappa shape index (κ1) is 15.4. The van der Waals surface area contributed by atoms with Crippen LogP contribution in [0.2, 0.25) is 0 Å². The Labute approximate surface area is 137 Å². The van der Waals surface area contributed by atoms with Crippen LogP contribution in [0.3, 0.4) is 0 Å². The van der Waals surface area contributed by atoms with Crippen LogP contribution < -0.4 is 5.32 Å². The molecular formula is C17H15FN2O2S. The molecule has 0 saturated carbocycles. The maximum atomic E-state index is 13.0. The van der Waals surface area contributed by atoms with E-state index in [-0.39, 0.29) is 11.7 Å². The van der Waals surface area contributed by atoms with E-state index in [1.54, 1.807) is 19.1 Å². The van der Waals surface area contributed by atoms with Gasteiger partial charge in [0.15, 0.2) is 5.13 Å². The highest BCUT2D eigenvalue weighted by Gasteiger charge is 2.19. The lowest BCUT2D eigenvalue weighted by Crippen LogP contribution is -2.13. The molecule has 0 spiro atoms. The van der Waals surface area contributed by atoms with E-state index in [9.17, 15) is 9.18 Å². The van der Waals surface area contributed by atoms with Crippen LogP contribution in [-0.2, 0) is 0 Å². The Kier molecular flexibility index (Phi) is 4.00. The van der Waals surface area contributed by atoms with Gasteiger partial charge in [0.25, 0.3) is 5.91 Å². The summed E-state index contributed by atoms with van der Waals surface area (Å²) >= 11 is 1.32. The number of nitrogens with one attached hydrogen (secondary N) is 1. The number of carbonyl (C=O) groups excluding carboxylic acids is 1. The van der Waals surface area contributed by atoms with Crippen LogP contribution in [0.1, 0.15) is 27.4 Å². The zero-order chi connectivity index (χ0) is 16.6. The maximum absolute atomic E-state index is 13.0. The fourth-order valence-corrected chi connectivity index (χ4v) is 3.09. The molecular weight excluding hydrogens is 315 g/mol. The minimum atomic E-state index is -0.293. The third-order valence-corrected chi connectivity index (χ3v) is 4.41. The summed E-state index contributed by atoms with van der Waals surface area (Å²) in [6.45, 7) is 5.45. The topological polar surface area (TPSA) is 55.1 Å². The van der Waals surface area contributed by atoms with Gasteiger partial charge < -0.3 is 4.42 Å². The molecule has 0 aliphatic heterocycles. The van der Waals surface area contributed by atoms with Crippen molar-refractivity contribution in [2.24, 2.45) is 0 Å². The molecule has 0 atom stereocenters. The molecule has 2 aromatic heterocycles. The number of aryl methyl sites for hydroxylation is 2. The molecule has 0 radical (unpaired) electrons. The van der Waals surface area contributed by atoms with E-state index in [4.69, 9.17) is 4.42 Å². The summed E-state index contributed by atoms with van der Waals surface area (Å²) in [7, 11) is 0. The first-order chi connectivity index (χ1) is 11.0. The molecule has 6 heteroatoms. The number of nitrogens with zero attached hydrogens (tertiary/aromatic N) is 1. The van der Waals surface area contributed by atoms with Gasteiger partial charge >= 0.3 is 0 Å². The second-order valence-corrected chi connectivity index (χ2v) is 6.07. The van der Waals surface area contributed by atoms with Gasteiger partial charge in [-0.25, -0.2) is 9.37 Å².